The van der Waals surface area contributed by atoms with Gasteiger partial charge >= 0.3 is 0 Å². The van der Waals surface area contributed by atoms with Crippen molar-refractivity contribution in [2.24, 2.45) is 5.10 Å². The lowest BCUT2D eigenvalue weighted by molar-refractivity contribution is 0.0950. The lowest BCUT2D eigenvalue weighted by atomic mass is 9.98. The van der Waals surface area contributed by atoms with Crippen LogP contribution in [0, 0.1) is 0 Å². The number of benzene rings is 2. The summed E-state index contributed by atoms with van der Waals surface area (Å²) in [5.74, 6) is -0.263. The number of fused-ring (bicyclic) bond motifs is 1. The van der Waals surface area contributed by atoms with Crippen molar-refractivity contribution in [2.75, 3.05) is 0 Å². The molecule has 0 atom stereocenters. The summed E-state index contributed by atoms with van der Waals surface area (Å²) in [7, 11) is 0. The van der Waals surface area contributed by atoms with Gasteiger partial charge in [-0.3, -0.25) is 9.89 Å². The van der Waals surface area contributed by atoms with Crippen molar-refractivity contribution in [2.45, 2.75) is 6.42 Å². The first-order valence-corrected chi connectivity index (χ1v) is 7.38. The maximum absolute atomic E-state index is 12.2. The van der Waals surface area contributed by atoms with Crippen molar-refractivity contribution in [3.63, 3.8) is 0 Å². The minimum absolute atomic E-state index is 0.263. The van der Waals surface area contributed by atoms with E-state index >= 15 is 0 Å². The Kier molecular flexibility index (Phi) is 3.24. The highest BCUT2D eigenvalue weighted by Gasteiger charge is 2.24. The first kappa shape index (κ1) is 13.5. The van der Waals surface area contributed by atoms with Gasteiger partial charge in [0.05, 0.1) is 11.4 Å². The zero-order valence-electron chi connectivity index (χ0n) is 12.3. The molecule has 1 aliphatic heterocycles. The van der Waals surface area contributed by atoms with Gasteiger partial charge in [-0.25, -0.2) is 5.43 Å². The van der Waals surface area contributed by atoms with Crippen LogP contribution in [0.1, 0.15) is 21.6 Å². The van der Waals surface area contributed by atoms with Crippen LogP contribution >= 0.6 is 0 Å². The van der Waals surface area contributed by atoms with Gasteiger partial charge in [-0.1, -0.05) is 60.7 Å². The number of hydrogen-bond donors (Lipinski definition) is 2. The molecule has 112 valence electrons. The van der Waals surface area contributed by atoms with Gasteiger partial charge in [0.25, 0.3) is 5.91 Å². The van der Waals surface area contributed by atoms with E-state index < -0.39 is 0 Å². The Morgan fingerprint density at radius 2 is 1.52 bits per heavy atom. The van der Waals surface area contributed by atoms with Crippen molar-refractivity contribution in [1.82, 2.24) is 15.6 Å². The molecule has 23 heavy (non-hydrogen) atoms. The lowest BCUT2D eigenvalue weighted by Crippen LogP contribution is -2.18. The van der Waals surface area contributed by atoms with E-state index in [1.54, 1.807) is 0 Å². The predicted molar refractivity (Wildman–Crippen MR) is 88.2 cm³/mol. The Morgan fingerprint density at radius 3 is 2.22 bits per heavy atom. The minimum atomic E-state index is -0.263. The summed E-state index contributed by atoms with van der Waals surface area (Å²) in [6, 6.07) is 19.7. The van der Waals surface area contributed by atoms with Crippen LogP contribution in [0.15, 0.2) is 65.8 Å². The zero-order chi connectivity index (χ0) is 15.6. The van der Waals surface area contributed by atoms with Crippen LogP contribution in [-0.4, -0.2) is 21.8 Å². The van der Waals surface area contributed by atoms with Gasteiger partial charge < -0.3 is 0 Å². The molecule has 3 aromatic rings. The normalized spacial score (nSPS) is 13.7. The van der Waals surface area contributed by atoms with E-state index in [0.717, 1.165) is 28.1 Å². The van der Waals surface area contributed by atoms with Crippen LogP contribution in [0.5, 0.6) is 0 Å². The Balaban J connectivity index is 1.82. The van der Waals surface area contributed by atoms with Crippen LogP contribution in [0.25, 0.3) is 11.3 Å². The second-order valence-electron chi connectivity index (χ2n) is 5.33. The van der Waals surface area contributed by atoms with Gasteiger partial charge in [0.2, 0.25) is 0 Å². The molecule has 1 aliphatic rings. The molecule has 0 fully saturated rings. The number of H-pyrrole nitrogens is 1. The molecule has 0 radical (unpaired) electrons. The average molecular weight is 302 g/mol. The maximum Gasteiger partial charge on any atom is 0.289 e. The van der Waals surface area contributed by atoms with Crippen LogP contribution in [0.4, 0.5) is 0 Å². The van der Waals surface area contributed by atoms with Crippen molar-refractivity contribution in [3.8, 4) is 11.3 Å². The highest BCUT2D eigenvalue weighted by molar-refractivity contribution is 6.07. The minimum Gasteiger partial charge on any atom is -0.272 e. The highest BCUT2D eigenvalue weighted by Crippen LogP contribution is 2.26. The fraction of sp³-hybridized carbons (Fsp3) is 0.0556. The zero-order valence-corrected chi connectivity index (χ0v) is 12.3. The van der Waals surface area contributed by atoms with Gasteiger partial charge in [0.1, 0.15) is 5.69 Å². The SMILES string of the molecule is O=C1NN=C(c2ccccc2)Cc2c(-c3ccccc3)n[nH]c21. The molecule has 0 unspecified atom stereocenters. The van der Waals surface area contributed by atoms with Gasteiger partial charge in [-0.15, -0.1) is 0 Å². The Hall–Kier alpha value is -3.21. The van der Waals surface area contributed by atoms with Crippen LogP contribution in [-0.2, 0) is 6.42 Å². The molecule has 0 saturated carbocycles. The summed E-state index contributed by atoms with van der Waals surface area (Å²) in [5.41, 5.74) is 7.51. The van der Waals surface area contributed by atoms with E-state index in [1.807, 2.05) is 60.7 Å². The fourth-order valence-electron chi connectivity index (χ4n) is 2.74. The molecule has 5 nitrogen and oxygen atoms in total. The highest BCUT2D eigenvalue weighted by atomic mass is 16.2. The number of amides is 1. The number of rotatable bonds is 2. The van der Waals surface area contributed by atoms with E-state index in [0.29, 0.717) is 12.1 Å². The van der Waals surface area contributed by atoms with Crippen LogP contribution in [0.2, 0.25) is 0 Å². The number of nitrogens with zero attached hydrogens (tertiary/aromatic N) is 2. The summed E-state index contributed by atoms with van der Waals surface area (Å²) in [4.78, 5) is 12.2. The van der Waals surface area contributed by atoms with Crippen molar-refractivity contribution < 1.29 is 4.79 Å². The van der Waals surface area contributed by atoms with Gasteiger partial charge in [-0.2, -0.15) is 10.2 Å². The molecule has 5 heteroatoms. The first-order valence-electron chi connectivity index (χ1n) is 7.38. The molecule has 0 aliphatic carbocycles. The van der Waals surface area contributed by atoms with Gasteiger partial charge in [-0.05, 0) is 5.56 Å². The topological polar surface area (TPSA) is 70.1 Å². The molecule has 2 heterocycles. The quantitative estimate of drug-likeness (QED) is 0.764. The first-order chi connectivity index (χ1) is 11.3. The maximum atomic E-state index is 12.2. The molecular formula is C18H14N4O. The number of carbonyl (C=O) groups excluding carboxylic acids is 1. The van der Waals surface area contributed by atoms with Crippen LogP contribution < -0.4 is 5.43 Å². The number of aromatic amines is 1. The number of carbonyl (C=O) groups is 1. The molecule has 0 saturated heterocycles. The van der Waals surface area contributed by atoms with Crippen LogP contribution in [0.3, 0.4) is 0 Å². The summed E-state index contributed by atoms with van der Waals surface area (Å²) in [6.07, 6.45) is 0.540. The molecule has 2 aromatic carbocycles. The summed E-state index contributed by atoms with van der Waals surface area (Å²) in [6.45, 7) is 0. The third-order valence-electron chi connectivity index (χ3n) is 3.89. The Labute approximate surface area is 133 Å². The summed E-state index contributed by atoms with van der Waals surface area (Å²) < 4.78 is 0. The molecule has 2 N–H and O–H groups in total. The lowest BCUT2D eigenvalue weighted by Gasteiger charge is -2.05. The number of hydrogen-bond acceptors (Lipinski definition) is 3. The number of hydrazone groups is 1. The summed E-state index contributed by atoms with van der Waals surface area (Å²) >= 11 is 0. The Bertz CT molecular complexity index is 882. The van der Waals surface area contributed by atoms with E-state index in [1.165, 1.54) is 0 Å². The largest absolute Gasteiger partial charge is 0.289 e. The van der Waals surface area contributed by atoms with E-state index in [4.69, 9.17) is 0 Å². The standard InChI is InChI=1S/C18H14N4O/c23-18-17-14(16(20-21-17)13-9-5-2-6-10-13)11-15(19-22-18)12-7-3-1-4-8-12/h1-10H,11H2,(H,20,21)(H,22,23). The van der Waals surface area contributed by atoms with E-state index in [2.05, 4.69) is 20.7 Å². The van der Waals surface area contributed by atoms with Crippen molar-refractivity contribution >= 4 is 11.6 Å². The monoisotopic (exact) mass is 302 g/mol. The van der Waals surface area contributed by atoms with Gasteiger partial charge in [0, 0.05) is 17.5 Å². The molecule has 4 rings (SSSR count). The fourth-order valence-corrected chi connectivity index (χ4v) is 2.74. The third kappa shape index (κ3) is 2.42. The van der Waals surface area contributed by atoms with Crippen molar-refractivity contribution in [3.05, 3.63) is 77.5 Å². The summed E-state index contributed by atoms with van der Waals surface area (Å²) in [5, 5.41) is 11.5. The van der Waals surface area contributed by atoms with Gasteiger partial charge in [0.15, 0.2) is 0 Å². The number of nitrogens with one attached hydrogen (secondary N) is 2. The van der Waals surface area contributed by atoms with Crippen molar-refractivity contribution in [1.29, 1.82) is 0 Å². The second-order valence-corrected chi connectivity index (χ2v) is 5.33. The molecule has 0 bridgehead atoms. The molecule has 1 amide bonds. The Morgan fingerprint density at radius 1 is 0.870 bits per heavy atom. The predicted octanol–water partition coefficient (Wildman–Crippen LogP) is 2.77. The number of aromatic nitrogens is 2. The molecule has 1 aromatic heterocycles. The van der Waals surface area contributed by atoms with E-state index in [-0.39, 0.29) is 5.91 Å². The average Bonchev–Trinajstić information content (AvgIpc) is 2.96. The van der Waals surface area contributed by atoms with E-state index in [9.17, 15) is 4.79 Å². The third-order valence-corrected chi connectivity index (χ3v) is 3.89. The molecular weight excluding hydrogens is 288 g/mol. The molecule has 0 spiro atoms. The second kappa shape index (κ2) is 5.53. The smallest absolute Gasteiger partial charge is 0.272 e.